The van der Waals surface area contributed by atoms with E-state index in [1.807, 2.05) is 0 Å². The number of carbonyl (C=O) groups is 3. The standard InChI is InChI=1S/C23H26FN3O4/c1-31-20-10-6-18(7-11-20)23(30)27-15-13-26(14-16-27)21(28)3-2-12-25-22(29)17-4-8-19(24)9-5-17/h4-11H,2-3,12-16H2,1H3,(H,25,29). The van der Waals surface area contributed by atoms with Crippen molar-refractivity contribution in [3.05, 3.63) is 65.5 Å². The molecule has 7 nitrogen and oxygen atoms in total. The number of carbonyl (C=O) groups excluding carboxylic acids is 3. The highest BCUT2D eigenvalue weighted by Gasteiger charge is 2.24. The topological polar surface area (TPSA) is 79.0 Å². The first-order valence-electron chi connectivity index (χ1n) is 10.2. The van der Waals surface area contributed by atoms with Crippen LogP contribution in [0.1, 0.15) is 33.6 Å². The van der Waals surface area contributed by atoms with Gasteiger partial charge in [0, 0.05) is 50.3 Å². The molecule has 1 saturated heterocycles. The summed E-state index contributed by atoms with van der Waals surface area (Å²) in [6.07, 6.45) is 0.826. The third-order valence-electron chi connectivity index (χ3n) is 5.22. The third-order valence-corrected chi connectivity index (χ3v) is 5.22. The fourth-order valence-electron chi connectivity index (χ4n) is 3.38. The Kier molecular flexibility index (Phi) is 7.59. The van der Waals surface area contributed by atoms with Gasteiger partial charge in [-0.2, -0.15) is 0 Å². The van der Waals surface area contributed by atoms with Gasteiger partial charge in [0.1, 0.15) is 11.6 Å². The van der Waals surface area contributed by atoms with Crippen LogP contribution in [0, 0.1) is 5.82 Å². The molecule has 1 aliphatic heterocycles. The molecule has 8 heteroatoms. The fraction of sp³-hybridized carbons (Fsp3) is 0.348. The summed E-state index contributed by atoms with van der Waals surface area (Å²) in [7, 11) is 1.58. The van der Waals surface area contributed by atoms with Gasteiger partial charge in [-0.15, -0.1) is 0 Å². The van der Waals surface area contributed by atoms with Crippen LogP contribution in [0.2, 0.25) is 0 Å². The van der Waals surface area contributed by atoms with Gasteiger partial charge in [-0.3, -0.25) is 14.4 Å². The highest BCUT2D eigenvalue weighted by Crippen LogP contribution is 2.15. The summed E-state index contributed by atoms with van der Waals surface area (Å²) in [5.74, 6) is -0.0438. The van der Waals surface area contributed by atoms with E-state index in [9.17, 15) is 18.8 Å². The second-order valence-corrected chi connectivity index (χ2v) is 7.27. The molecule has 0 saturated carbocycles. The van der Waals surface area contributed by atoms with Crippen LogP contribution < -0.4 is 10.1 Å². The second kappa shape index (κ2) is 10.6. The maximum absolute atomic E-state index is 12.9. The number of hydrogen-bond acceptors (Lipinski definition) is 4. The van der Waals surface area contributed by atoms with Gasteiger partial charge in [-0.1, -0.05) is 0 Å². The van der Waals surface area contributed by atoms with Gasteiger partial charge in [0.15, 0.2) is 0 Å². The molecule has 164 valence electrons. The Hall–Kier alpha value is -3.42. The number of amides is 3. The summed E-state index contributed by atoms with van der Waals surface area (Å²) >= 11 is 0. The Morgan fingerprint density at radius 3 is 2.10 bits per heavy atom. The van der Waals surface area contributed by atoms with Gasteiger partial charge in [0.25, 0.3) is 11.8 Å². The summed E-state index contributed by atoms with van der Waals surface area (Å²) < 4.78 is 18.0. The lowest BCUT2D eigenvalue weighted by Gasteiger charge is -2.35. The number of halogens is 1. The average molecular weight is 427 g/mol. The molecule has 0 atom stereocenters. The number of methoxy groups -OCH3 is 1. The molecular formula is C23H26FN3O4. The first kappa shape index (κ1) is 22.3. The Morgan fingerprint density at radius 1 is 0.903 bits per heavy atom. The number of hydrogen-bond donors (Lipinski definition) is 1. The molecule has 0 spiro atoms. The largest absolute Gasteiger partial charge is 0.497 e. The van der Waals surface area contributed by atoms with Gasteiger partial charge in [-0.25, -0.2) is 4.39 Å². The second-order valence-electron chi connectivity index (χ2n) is 7.27. The lowest BCUT2D eigenvalue weighted by molar-refractivity contribution is -0.132. The van der Waals surface area contributed by atoms with Crippen molar-refractivity contribution in [1.82, 2.24) is 15.1 Å². The van der Waals surface area contributed by atoms with Gasteiger partial charge in [0.2, 0.25) is 5.91 Å². The molecule has 0 unspecified atom stereocenters. The van der Waals surface area contributed by atoms with E-state index in [1.165, 1.54) is 24.3 Å². The third kappa shape index (κ3) is 6.04. The van der Waals surface area contributed by atoms with Crippen molar-refractivity contribution < 1.29 is 23.5 Å². The smallest absolute Gasteiger partial charge is 0.253 e. The molecule has 2 aromatic rings. The minimum absolute atomic E-state index is 0.00702. The van der Waals surface area contributed by atoms with Crippen LogP contribution in [0.4, 0.5) is 4.39 Å². The van der Waals surface area contributed by atoms with E-state index in [2.05, 4.69) is 5.32 Å². The molecule has 0 aromatic heterocycles. The Balaban J connectivity index is 1.37. The molecule has 1 heterocycles. The predicted octanol–water partition coefficient (Wildman–Crippen LogP) is 2.33. The number of benzene rings is 2. The Labute approximate surface area is 180 Å². The minimum Gasteiger partial charge on any atom is -0.497 e. The van der Waals surface area contributed by atoms with E-state index < -0.39 is 5.82 Å². The van der Waals surface area contributed by atoms with E-state index in [-0.39, 0.29) is 17.7 Å². The van der Waals surface area contributed by atoms with Crippen molar-refractivity contribution in [2.45, 2.75) is 12.8 Å². The van der Waals surface area contributed by atoms with Crippen LogP contribution in [0.25, 0.3) is 0 Å². The van der Waals surface area contributed by atoms with E-state index in [0.717, 1.165) is 0 Å². The average Bonchev–Trinajstić information content (AvgIpc) is 2.81. The van der Waals surface area contributed by atoms with Crippen LogP contribution in [0.3, 0.4) is 0 Å². The lowest BCUT2D eigenvalue weighted by Crippen LogP contribution is -2.50. The van der Waals surface area contributed by atoms with Gasteiger partial charge < -0.3 is 19.9 Å². The zero-order chi connectivity index (χ0) is 22.2. The Morgan fingerprint density at radius 2 is 1.48 bits per heavy atom. The molecule has 2 aromatic carbocycles. The highest BCUT2D eigenvalue weighted by atomic mass is 19.1. The zero-order valence-corrected chi connectivity index (χ0v) is 17.5. The molecule has 0 aliphatic carbocycles. The van der Waals surface area contributed by atoms with Crippen LogP contribution in [-0.4, -0.2) is 67.4 Å². The first-order valence-corrected chi connectivity index (χ1v) is 10.2. The molecule has 0 bridgehead atoms. The molecule has 31 heavy (non-hydrogen) atoms. The minimum atomic E-state index is -0.395. The maximum atomic E-state index is 12.9. The summed E-state index contributed by atoms with van der Waals surface area (Å²) in [4.78, 5) is 40.5. The lowest BCUT2D eigenvalue weighted by atomic mass is 10.1. The van der Waals surface area contributed by atoms with Gasteiger partial charge in [-0.05, 0) is 55.0 Å². The number of piperazine rings is 1. The first-order chi connectivity index (χ1) is 15.0. The van der Waals surface area contributed by atoms with Crippen molar-refractivity contribution >= 4 is 17.7 Å². The number of rotatable bonds is 7. The van der Waals surface area contributed by atoms with Crippen molar-refractivity contribution in [3.8, 4) is 5.75 Å². The quantitative estimate of drug-likeness (QED) is 0.688. The van der Waals surface area contributed by atoms with E-state index in [0.29, 0.717) is 62.4 Å². The highest BCUT2D eigenvalue weighted by molar-refractivity contribution is 5.95. The Bertz CT molecular complexity index is 907. The molecule has 1 fully saturated rings. The monoisotopic (exact) mass is 427 g/mol. The molecule has 3 rings (SSSR count). The SMILES string of the molecule is COc1ccc(C(=O)N2CCN(C(=O)CCCNC(=O)c3ccc(F)cc3)CC2)cc1. The van der Waals surface area contributed by atoms with E-state index >= 15 is 0 Å². The van der Waals surface area contributed by atoms with Crippen molar-refractivity contribution in [3.63, 3.8) is 0 Å². The summed E-state index contributed by atoms with van der Waals surface area (Å²) in [6, 6.07) is 12.3. The van der Waals surface area contributed by atoms with Crippen LogP contribution in [0.15, 0.2) is 48.5 Å². The number of nitrogens with one attached hydrogen (secondary N) is 1. The summed E-state index contributed by atoms with van der Waals surface area (Å²) in [6.45, 7) is 2.30. The summed E-state index contributed by atoms with van der Waals surface area (Å²) in [5.41, 5.74) is 0.975. The van der Waals surface area contributed by atoms with E-state index in [1.54, 1.807) is 41.2 Å². The van der Waals surface area contributed by atoms with E-state index in [4.69, 9.17) is 4.74 Å². The number of ether oxygens (including phenoxy) is 1. The van der Waals surface area contributed by atoms with Crippen LogP contribution in [0.5, 0.6) is 5.75 Å². The predicted molar refractivity (Wildman–Crippen MR) is 113 cm³/mol. The maximum Gasteiger partial charge on any atom is 0.253 e. The van der Waals surface area contributed by atoms with Crippen LogP contribution >= 0.6 is 0 Å². The van der Waals surface area contributed by atoms with Crippen molar-refractivity contribution in [2.24, 2.45) is 0 Å². The fourth-order valence-corrected chi connectivity index (χ4v) is 3.38. The normalized spacial score (nSPS) is 13.6. The molecule has 1 N–H and O–H groups in total. The van der Waals surface area contributed by atoms with Gasteiger partial charge >= 0.3 is 0 Å². The number of nitrogens with zero attached hydrogens (tertiary/aromatic N) is 2. The molecule has 1 aliphatic rings. The van der Waals surface area contributed by atoms with Crippen molar-refractivity contribution in [2.75, 3.05) is 39.8 Å². The summed E-state index contributed by atoms with van der Waals surface area (Å²) in [5, 5.41) is 2.73. The zero-order valence-electron chi connectivity index (χ0n) is 17.5. The molecular weight excluding hydrogens is 401 g/mol. The van der Waals surface area contributed by atoms with Gasteiger partial charge in [0.05, 0.1) is 7.11 Å². The molecule has 0 radical (unpaired) electrons. The molecule has 3 amide bonds. The van der Waals surface area contributed by atoms with Crippen molar-refractivity contribution in [1.29, 1.82) is 0 Å². The van der Waals surface area contributed by atoms with Crippen LogP contribution in [-0.2, 0) is 4.79 Å².